The molecule has 0 N–H and O–H groups in total. The Balaban J connectivity index is 1.94. The summed E-state index contributed by atoms with van der Waals surface area (Å²) in [4.78, 5) is 15.1. The Hall–Kier alpha value is -3.10. The Bertz CT molecular complexity index is 1170. The molecule has 0 unspecified atom stereocenters. The summed E-state index contributed by atoms with van der Waals surface area (Å²) >= 11 is 0. The Labute approximate surface area is 182 Å². The summed E-state index contributed by atoms with van der Waals surface area (Å²) in [5.41, 5.74) is 1.29. The van der Waals surface area contributed by atoms with Crippen LogP contribution in [-0.2, 0) is 21.4 Å². The Morgan fingerprint density at radius 1 is 0.968 bits per heavy atom. The molecule has 7 nitrogen and oxygen atoms in total. The minimum absolute atomic E-state index is 0.0757. The van der Waals surface area contributed by atoms with Crippen LogP contribution in [0.2, 0.25) is 0 Å². The first-order valence-corrected chi connectivity index (χ1v) is 11.5. The van der Waals surface area contributed by atoms with Gasteiger partial charge >= 0.3 is 10.1 Å². The van der Waals surface area contributed by atoms with Crippen molar-refractivity contribution < 1.29 is 26.9 Å². The van der Waals surface area contributed by atoms with Crippen LogP contribution in [-0.4, -0.2) is 52.9 Å². The van der Waals surface area contributed by atoms with E-state index in [0.717, 1.165) is 17.0 Å². The molecule has 31 heavy (non-hydrogen) atoms. The van der Waals surface area contributed by atoms with Crippen molar-refractivity contribution in [2.75, 3.05) is 33.6 Å². The predicted molar refractivity (Wildman–Crippen MR) is 119 cm³/mol. The normalized spacial score (nSPS) is 11.3. The molecular formula is C23H25NO6S. The zero-order chi connectivity index (χ0) is 22.4. The van der Waals surface area contributed by atoms with Gasteiger partial charge in [0.1, 0.15) is 0 Å². The van der Waals surface area contributed by atoms with Crippen LogP contribution in [0.4, 0.5) is 0 Å². The van der Waals surface area contributed by atoms with E-state index in [2.05, 4.69) is 0 Å². The number of fused-ring (bicyclic) bond motifs is 1. The maximum atomic E-state index is 13.4. The number of nitrogens with zero attached hydrogens (tertiary/aromatic N) is 1. The molecule has 0 heterocycles. The number of benzene rings is 3. The van der Waals surface area contributed by atoms with Crippen LogP contribution >= 0.6 is 0 Å². The number of hydrogen-bond donors (Lipinski definition) is 0. The van der Waals surface area contributed by atoms with Crippen LogP contribution in [0.5, 0.6) is 11.5 Å². The van der Waals surface area contributed by atoms with E-state index < -0.39 is 10.1 Å². The van der Waals surface area contributed by atoms with Gasteiger partial charge in [-0.25, -0.2) is 0 Å². The van der Waals surface area contributed by atoms with Crippen LogP contribution in [0.25, 0.3) is 10.8 Å². The van der Waals surface area contributed by atoms with Crippen molar-refractivity contribution in [1.29, 1.82) is 0 Å². The molecule has 3 aromatic rings. The van der Waals surface area contributed by atoms with Crippen molar-refractivity contribution in [3.05, 3.63) is 71.8 Å². The predicted octanol–water partition coefficient (Wildman–Crippen LogP) is 3.48. The molecule has 0 saturated heterocycles. The van der Waals surface area contributed by atoms with Gasteiger partial charge in [0.05, 0.1) is 20.0 Å². The third-order valence-electron chi connectivity index (χ3n) is 4.72. The van der Waals surface area contributed by atoms with E-state index in [1.54, 1.807) is 36.3 Å². The Kier molecular flexibility index (Phi) is 7.14. The fourth-order valence-electron chi connectivity index (χ4n) is 3.30. The van der Waals surface area contributed by atoms with Gasteiger partial charge in [-0.15, -0.1) is 0 Å². The van der Waals surface area contributed by atoms with Crippen molar-refractivity contribution >= 4 is 26.8 Å². The molecule has 1 amide bonds. The fourth-order valence-corrected chi connectivity index (χ4v) is 3.76. The zero-order valence-electron chi connectivity index (χ0n) is 17.7. The number of carbonyl (C=O) groups is 1. The van der Waals surface area contributed by atoms with Gasteiger partial charge in [-0.3, -0.25) is 4.79 Å². The summed E-state index contributed by atoms with van der Waals surface area (Å²) in [5.74, 6) is 0.222. The van der Waals surface area contributed by atoms with E-state index >= 15 is 0 Å². The quantitative estimate of drug-likeness (QED) is 0.471. The van der Waals surface area contributed by atoms with Gasteiger partial charge in [-0.2, -0.15) is 8.42 Å². The minimum atomic E-state index is -3.73. The SMILES string of the molecule is COCCN(Cc1ccc(OC)c(OS(C)(=O)=O)c1)C(=O)c1cccc2ccccc12. The van der Waals surface area contributed by atoms with Crippen LogP contribution in [0, 0.1) is 0 Å². The summed E-state index contributed by atoms with van der Waals surface area (Å²) in [6, 6.07) is 18.3. The minimum Gasteiger partial charge on any atom is -0.493 e. The maximum Gasteiger partial charge on any atom is 0.306 e. The number of ether oxygens (including phenoxy) is 2. The maximum absolute atomic E-state index is 13.4. The number of methoxy groups -OCH3 is 2. The molecule has 164 valence electrons. The van der Waals surface area contributed by atoms with Crippen LogP contribution in [0.3, 0.4) is 0 Å². The van der Waals surface area contributed by atoms with Gasteiger partial charge in [0, 0.05) is 25.8 Å². The standard InChI is InChI=1S/C23H25NO6S/c1-28-14-13-24(23(25)20-10-6-8-18-7-4-5-9-19(18)20)16-17-11-12-21(29-2)22(15-17)30-31(3,26)27/h4-12,15H,13-14,16H2,1-3H3. The third-order valence-corrected chi connectivity index (χ3v) is 5.20. The van der Waals surface area contributed by atoms with Crippen molar-refractivity contribution in [3.8, 4) is 11.5 Å². The Morgan fingerprint density at radius 2 is 1.71 bits per heavy atom. The van der Waals surface area contributed by atoms with Crippen molar-refractivity contribution in [2.45, 2.75) is 6.54 Å². The molecular weight excluding hydrogens is 418 g/mol. The second-order valence-corrected chi connectivity index (χ2v) is 8.59. The van der Waals surface area contributed by atoms with E-state index in [0.29, 0.717) is 24.3 Å². The van der Waals surface area contributed by atoms with Gasteiger partial charge < -0.3 is 18.6 Å². The third kappa shape index (κ3) is 5.74. The molecule has 0 aromatic heterocycles. The lowest BCUT2D eigenvalue weighted by Gasteiger charge is -2.24. The summed E-state index contributed by atoms with van der Waals surface area (Å²) in [5, 5.41) is 1.85. The molecule has 0 aliphatic carbocycles. The smallest absolute Gasteiger partial charge is 0.306 e. The first-order valence-electron chi connectivity index (χ1n) is 9.64. The van der Waals surface area contributed by atoms with Crippen LogP contribution in [0.15, 0.2) is 60.7 Å². The lowest BCUT2D eigenvalue weighted by atomic mass is 10.0. The second kappa shape index (κ2) is 9.80. The molecule has 0 spiro atoms. The number of carbonyl (C=O) groups excluding carboxylic acids is 1. The van der Waals surface area contributed by atoms with E-state index in [1.165, 1.54) is 7.11 Å². The summed E-state index contributed by atoms with van der Waals surface area (Å²) in [7, 11) is -0.728. The van der Waals surface area contributed by atoms with E-state index in [1.807, 2.05) is 36.4 Å². The monoisotopic (exact) mass is 443 g/mol. The topological polar surface area (TPSA) is 82.1 Å². The fraction of sp³-hybridized carbons (Fsp3) is 0.261. The highest BCUT2D eigenvalue weighted by Crippen LogP contribution is 2.30. The molecule has 0 fully saturated rings. The summed E-state index contributed by atoms with van der Waals surface area (Å²) in [6.45, 7) is 0.974. The molecule has 0 atom stereocenters. The van der Waals surface area contributed by atoms with Gasteiger partial charge in [-0.1, -0.05) is 42.5 Å². The van der Waals surface area contributed by atoms with Crippen LogP contribution in [0.1, 0.15) is 15.9 Å². The second-order valence-electron chi connectivity index (χ2n) is 7.02. The number of rotatable bonds is 9. The van der Waals surface area contributed by atoms with E-state index in [-0.39, 0.29) is 24.0 Å². The van der Waals surface area contributed by atoms with Gasteiger partial charge in [-0.05, 0) is 34.5 Å². The average Bonchev–Trinajstić information content (AvgIpc) is 2.75. The van der Waals surface area contributed by atoms with Gasteiger partial charge in [0.15, 0.2) is 11.5 Å². The summed E-state index contributed by atoms with van der Waals surface area (Å²) in [6.07, 6.45) is 0.966. The molecule has 0 radical (unpaired) electrons. The lowest BCUT2D eigenvalue weighted by molar-refractivity contribution is 0.0682. The molecule has 8 heteroatoms. The molecule has 0 aliphatic rings. The number of amides is 1. The number of hydrogen-bond acceptors (Lipinski definition) is 6. The van der Waals surface area contributed by atoms with Gasteiger partial charge in [0.25, 0.3) is 5.91 Å². The highest BCUT2D eigenvalue weighted by Gasteiger charge is 2.20. The highest BCUT2D eigenvalue weighted by atomic mass is 32.2. The highest BCUT2D eigenvalue weighted by molar-refractivity contribution is 7.86. The zero-order valence-corrected chi connectivity index (χ0v) is 18.5. The molecule has 0 saturated carbocycles. The average molecular weight is 444 g/mol. The van der Waals surface area contributed by atoms with Crippen LogP contribution < -0.4 is 8.92 Å². The Morgan fingerprint density at radius 3 is 2.42 bits per heavy atom. The molecule has 0 aliphatic heterocycles. The first kappa shape index (κ1) is 22.6. The van der Waals surface area contributed by atoms with E-state index in [4.69, 9.17) is 13.7 Å². The van der Waals surface area contributed by atoms with Crippen molar-refractivity contribution in [3.63, 3.8) is 0 Å². The molecule has 0 bridgehead atoms. The summed E-state index contributed by atoms with van der Waals surface area (Å²) < 4.78 is 38.6. The van der Waals surface area contributed by atoms with Crippen molar-refractivity contribution in [1.82, 2.24) is 4.90 Å². The largest absolute Gasteiger partial charge is 0.493 e. The molecule has 3 aromatic carbocycles. The first-order chi connectivity index (χ1) is 14.8. The molecule has 3 rings (SSSR count). The van der Waals surface area contributed by atoms with Gasteiger partial charge in [0.2, 0.25) is 0 Å². The van der Waals surface area contributed by atoms with Crippen molar-refractivity contribution in [2.24, 2.45) is 0 Å². The lowest BCUT2D eigenvalue weighted by Crippen LogP contribution is -2.33. The van der Waals surface area contributed by atoms with E-state index in [9.17, 15) is 13.2 Å².